The number of hydrogen-bond donors (Lipinski definition) is 1. The highest BCUT2D eigenvalue weighted by molar-refractivity contribution is 6.36. The van der Waals surface area contributed by atoms with Crippen molar-refractivity contribution < 1.29 is 14.3 Å². The molecule has 39 heavy (non-hydrogen) atoms. The fraction of sp³-hybridized carbons (Fsp3) is 0.419. The minimum atomic E-state index is -0.211. The summed E-state index contributed by atoms with van der Waals surface area (Å²) in [5, 5.41) is 3.98. The highest BCUT2D eigenvalue weighted by Gasteiger charge is 2.49. The van der Waals surface area contributed by atoms with E-state index in [-0.39, 0.29) is 17.6 Å². The van der Waals surface area contributed by atoms with Crippen molar-refractivity contribution in [1.29, 1.82) is 0 Å². The summed E-state index contributed by atoms with van der Waals surface area (Å²) in [5.74, 6) is 0.667. The van der Waals surface area contributed by atoms with Gasteiger partial charge >= 0.3 is 6.03 Å². The number of urea groups is 1. The number of rotatable bonds is 7. The Morgan fingerprint density at radius 3 is 2.69 bits per heavy atom. The molecule has 1 aliphatic carbocycles. The molecule has 1 aromatic heterocycles. The Kier molecular flexibility index (Phi) is 7.00. The second-order valence-corrected chi connectivity index (χ2v) is 11.3. The predicted molar refractivity (Wildman–Crippen MR) is 153 cm³/mol. The molecule has 3 aliphatic rings. The Balaban J connectivity index is 1.28. The van der Waals surface area contributed by atoms with Gasteiger partial charge in [0.1, 0.15) is 0 Å². The first-order chi connectivity index (χ1) is 18.9. The van der Waals surface area contributed by atoms with Gasteiger partial charge in [-0.05, 0) is 48.9 Å². The molecule has 0 saturated carbocycles. The lowest BCUT2D eigenvalue weighted by Gasteiger charge is -2.28. The van der Waals surface area contributed by atoms with Crippen LogP contribution in [0.5, 0.6) is 5.88 Å². The van der Waals surface area contributed by atoms with Gasteiger partial charge in [0.25, 0.3) is 0 Å². The average Bonchev–Trinajstić information content (AvgIpc) is 3.63. The minimum absolute atomic E-state index is 0.00872. The van der Waals surface area contributed by atoms with Gasteiger partial charge in [0.2, 0.25) is 5.88 Å². The maximum atomic E-state index is 12.6. The third kappa shape index (κ3) is 4.66. The first-order valence-electron chi connectivity index (χ1n) is 13.7. The van der Waals surface area contributed by atoms with Crippen molar-refractivity contribution in [3.05, 3.63) is 70.2 Å². The Morgan fingerprint density at radius 1 is 1.10 bits per heavy atom. The van der Waals surface area contributed by atoms with Crippen LogP contribution in [0.2, 0.25) is 5.02 Å². The van der Waals surface area contributed by atoms with Crippen LogP contribution in [-0.2, 0) is 11.2 Å². The molecule has 2 fully saturated rings. The van der Waals surface area contributed by atoms with Crippen molar-refractivity contribution in [1.82, 2.24) is 20.1 Å². The van der Waals surface area contributed by atoms with Crippen LogP contribution in [0.3, 0.4) is 0 Å². The molecule has 2 atom stereocenters. The number of aromatic nitrogens is 1. The zero-order valence-corrected chi connectivity index (χ0v) is 23.6. The van der Waals surface area contributed by atoms with Crippen LogP contribution in [0.15, 0.2) is 48.5 Å². The van der Waals surface area contributed by atoms with Gasteiger partial charge in [-0.1, -0.05) is 54.1 Å². The van der Waals surface area contributed by atoms with Gasteiger partial charge in [-0.15, -0.1) is 0 Å². The molecule has 2 aromatic carbocycles. The molecule has 1 N–H and O–H groups in total. The van der Waals surface area contributed by atoms with Crippen LogP contribution in [0.1, 0.15) is 35.6 Å². The lowest BCUT2D eigenvalue weighted by Crippen LogP contribution is -2.46. The van der Waals surface area contributed by atoms with E-state index in [9.17, 15) is 4.79 Å². The van der Waals surface area contributed by atoms with Crippen molar-refractivity contribution >= 4 is 17.6 Å². The van der Waals surface area contributed by atoms with Crippen molar-refractivity contribution in [3.63, 3.8) is 0 Å². The fourth-order valence-corrected chi connectivity index (χ4v) is 6.94. The number of methoxy groups -OCH3 is 2. The molecular weight excluding hydrogens is 512 g/mol. The van der Waals surface area contributed by atoms with Gasteiger partial charge in [0.15, 0.2) is 0 Å². The molecule has 204 valence electrons. The molecule has 2 amide bonds. The number of pyridine rings is 1. The standard InChI is InChI=1S/C31H35ClN4O3/c1-20-7-4-5-8-22(20)23-9-6-10-24(28(23)32)25-17-21-11-12-26(27(21)29(33-25)39-3)35-14-13-31(18-35)19-36(15-16-38-2)30(37)34-31/h4-10,17,26H,11-16,18-19H2,1-3H3,(H,34,37). The molecular formula is C31H35ClN4O3. The number of aryl methyl sites for hydroxylation is 2. The van der Waals surface area contributed by atoms with Crippen LogP contribution >= 0.6 is 11.6 Å². The monoisotopic (exact) mass is 546 g/mol. The Hall–Kier alpha value is -3.13. The summed E-state index contributed by atoms with van der Waals surface area (Å²) < 4.78 is 11.1. The number of fused-ring (bicyclic) bond motifs is 1. The molecule has 2 saturated heterocycles. The summed E-state index contributed by atoms with van der Waals surface area (Å²) >= 11 is 7.02. The quantitative estimate of drug-likeness (QED) is 0.424. The van der Waals surface area contributed by atoms with Crippen LogP contribution in [0.4, 0.5) is 4.79 Å². The normalized spacial score (nSPS) is 22.5. The number of carbonyl (C=O) groups excluding carboxylic acids is 1. The molecule has 6 rings (SSSR count). The van der Waals surface area contributed by atoms with Gasteiger partial charge in [0, 0.05) is 56.0 Å². The number of nitrogens with zero attached hydrogens (tertiary/aromatic N) is 3. The number of nitrogens with one attached hydrogen (secondary N) is 1. The van der Waals surface area contributed by atoms with Crippen LogP contribution in [0, 0.1) is 6.92 Å². The zero-order chi connectivity index (χ0) is 27.1. The molecule has 7 nitrogen and oxygen atoms in total. The molecule has 8 heteroatoms. The highest BCUT2D eigenvalue weighted by Crippen LogP contribution is 2.46. The van der Waals surface area contributed by atoms with Crippen LogP contribution < -0.4 is 10.1 Å². The number of amides is 2. The van der Waals surface area contributed by atoms with Gasteiger partial charge in [0.05, 0.1) is 30.0 Å². The van der Waals surface area contributed by atoms with Crippen molar-refractivity contribution in [2.45, 2.75) is 37.8 Å². The lowest BCUT2D eigenvalue weighted by molar-refractivity contribution is 0.158. The van der Waals surface area contributed by atoms with E-state index in [0.29, 0.717) is 24.1 Å². The molecule has 2 aliphatic heterocycles. The Labute approximate surface area is 235 Å². The molecule has 3 heterocycles. The maximum absolute atomic E-state index is 12.6. The molecule has 0 bridgehead atoms. The molecule has 0 radical (unpaired) electrons. The number of likely N-dealkylation sites (tertiary alicyclic amines) is 1. The summed E-state index contributed by atoms with van der Waals surface area (Å²) in [5.41, 5.74) is 7.28. The topological polar surface area (TPSA) is 66.9 Å². The van der Waals surface area contributed by atoms with Crippen molar-refractivity contribution in [2.24, 2.45) is 0 Å². The van der Waals surface area contributed by atoms with E-state index in [1.165, 1.54) is 16.7 Å². The third-order valence-electron chi connectivity index (χ3n) is 8.58. The SMILES string of the molecule is COCCN1CC2(CCN(C3CCc4cc(-c5cccc(-c6ccccc6C)c5Cl)nc(OC)c43)C2)NC1=O. The van der Waals surface area contributed by atoms with E-state index < -0.39 is 0 Å². The molecule has 1 spiro atoms. The summed E-state index contributed by atoms with van der Waals surface area (Å²) in [7, 11) is 3.36. The smallest absolute Gasteiger partial charge is 0.318 e. The highest BCUT2D eigenvalue weighted by atomic mass is 35.5. The summed E-state index contributed by atoms with van der Waals surface area (Å²) in [6.45, 7) is 5.73. The first kappa shape index (κ1) is 26.1. The Morgan fingerprint density at radius 2 is 1.90 bits per heavy atom. The number of halogens is 1. The van der Waals surface area contributed by atoms with Gasteiger partial charge in [-0.25, -0.2) is 9.78 Å². The predicted octanol–water partition coefficient (Wildman–Crippen LogP) is 5.49. The summed E-state index contributed by atoms with van der Waals surface area (Å²) in [6, 6.07) is 16.9. The van der Waals surface area contributed by atoms with E-state index in [4.69, 9.17) is 26.1 Å². The largest absolute Gasteiger partial charge is 0.481 e. The number of hydrogen-bond acceptors (Lipinski definition) is 5. The van der Waals surface area contributed by atoms with E-state index in [2.05, 4.69) is 41.4 Å². The summed E-state index contributed by atoms with van der Waals surface area (Å²) in [6.07, 6.45) is 2.89. The minimum Gasteiger partial charge on any atom is -0.481 e. The fourth-order valence-electron chi connectivity index (χ4n) is 6.62. The van der Waals surface area contributed by atoms with Crippen molar-refractivity contribution in [2.75, 3.05) is 47.0 Å². The third-order valence-corrected chi connectivity index (χ3v) is 8.98. The van der Waals surface area contributed by atoms with E-state index in [1.807, 2.05) is 29.2 Å². The Bertz CT molecular complexity index is 1410. The van der Waals surface area contributed by atoms with Gasteiger partial charge < -0.3 is 19.7 Å². The molecule has 2 unspecified atom stereocenters. The van der Waals surface area contributed by atoms with Crippen molar-refractivity contribution in [3.8, 4) is 28.3 Å². The lowest BCUT2D eigenvalue weighted by atomic mass is 9.97. The van der Waals surface area contributed by atoms with Gasteiger partial charge in [-0.2, -0.15) is 0 Å². The summed E-state index contributed by atoms with van der Waals surface area (Å²) in [4.78, 5) is 22.0. The second kappa shape index (κ2) is 10.5. The van der Waals surface area contributed by atoms with Crippen LogP contribution in [0.25, 0.3) is 22.4 Å². The van der Waals surface area contributed by atoms with E-state index >= 15 is 0 Å². The van der Waals surface area contributed by atoms with Crippen LogP contribution in [-0.4, -0.2) is 73.4 Å². The van der Waals surface area contributed by atoms with E-state index in [0.717, 1.165) is 61.3 Å². The van der Waals surface area contributed by atoms with E-state index in [1.54, 1.807) is 14.2 Å². The molecule has 3 aromatic rings. The second-order valence-electron chi connectivity index (χ2n) is 11.0. The average molecular weight is 547 g/mol. The number of ether oxygens (including phenoxy) is 2. The number of benzene rings is 2. The zero-order valence-electron chi connectivity index (χ0n) is 22.8. The van der Waals surface area contributed by atoms with Gasteiger partial charge in [-0.3, -0.25) is 4.90 Å². The maximum Gasteiger partial charge on any atom is 0.318 e. The number of carbonyl (C=O) groups is 1. The first-order valence-corrected chi connectivity index (χ1v) is 14.0.